The molecule has 1 fully saturated rings. The second-order valence-corrected chi connectivity index (χ2v) is 5.80. The maximum atomic E-state index is 12.7. The summed E-state index contributed by atoms with van der Waals surface area (Å²) in [6.45, 7) is -0.211. The Morgan fingerprint density at radius 1 is 1.24 bits per heavy atom. The van der Waals surface area contributed by atoms with Crippen LogP contribution in [-0.2, 0) is 0 Å². The lowest BCUT2D eigenvalue weighted by atomic mass is 9.76. The maximum Gasteiger partial charge on any atom is 0.323 e. The molecule has 25 heavy (non-hydrogen) atoms. The Balaban J connectivity index is 1.82. The van der Waals surface area contributed by atoms with Gasteiger partial charge in [-0.2, -0.15) is 5.26 Å². The summed E-state index contributed by atoms with van der Waals surface area (Å²) in [5.41, 5.74) is 1.46. The number of hydrogen-bond acceptors (Lipinski definition) is 4. The van der Waals surface area contributed by atoms with Crippen molar-refractivity contribution >= 4 is 11.7 Å². The van der Waals surface area contributed by atoms with E-state index in [0.717, 1.165) is 5.56 Å². The zero-order chi connectivity index (χ0) is 17.8. The maximum absolute atomic E-state index is 12.7. The molecule has 0 radical (unpaired) electrons. The fourth-order valence-corrected chi connectivity index (χ4v) is 3.29. The summed E-state index contributed by atoms with van der Waals surface area (Å²) < 4.78 is 5.23. The zero-order valence-electron chi connectivity index (χ0n) is 13.8. The first-order valence-corrected chi connectivity index (χ1v) is 7.99. The Morgan fingerprint density at radius 2 is 1.92 bits per heavy atom. The van der Waals surface area contributed by atoms with E-state index in [-0.39, 0.29) is 12.5 Å². The molecule has 0 bridgehead atoms. The summed E-state index contributed by atoms with van der Waals surface area (Å²) in [6.07, 6.45) is 0. The van der Waals surface area contributed by atoms with Crippen LogP contribution in [0.15, 0.2) is 54.6 Å². The van der Waals surface area contributed by atoms with Crippen LogP contribution >= 0.6 is 0 Å². The van der Waals surface area contributed by atoms with Crippen LogP contribution in [0.3, 0.4) is 0 Å². The third-order valence-electron chi connectivity index (χ3n) is 4.50. The molecule has 0 aliphatic carbocycles. The Bertz CT molecular complexity index is 788. The van der Waals surface area contributed by atoms with Crippen LogP contribution in [0.1, 0.15) is 11.5 Å². The molecule has 3 rings (SSSR count). The highest BCUT2D eigenvalue weighted by atomic mass is 16.5. The molecular formula is C19H19N3O3. The van der Waals surface area contributed by atoms with Gasteiger partial charge in [0, 0.05) is 5.92 Å². The second-order valence-electron chi connectivity index (χ2n) is 5.80. The van der Waals surface area contributed by atoms with Crippen molar-refractivity contribution in [1.29, 1.82) is 5.26 Å². The van der Waals surface area contributed by atoms with Gasteiger partial charge in [0.15, 0.2) is 0 Å². The van der Waals surface area contributed by atoms with E-state index in [1.165, 1.54) is 12.0 Å². The number of aliphatic hydroxyl groups excluding tert-OH is 1. The molecule has 128 valence electrons. The smallest absolute Gasteiger partial charge is 0.323 e. The third kappa shape index (κ3) is 3.02. The average Bonchev–Trinajstić information content (AvgIpc) is 2.63. The average molecular weight is 337 g/mol. The molecule has 2 aromatic carbocycles. The van der Waals surface area contributed by atoms with Crippen molar-refractivity contribution in [1.82, 2.24) is 4.90 Å². The third-order valence-corrected chi connectivity index (χ3v) is 4.50. The number of para-hydroxylation sites is 2. The van der Waals surface area contributed by atoms with Gasteiger partial charge in [-0.1, -0.05) is 42.5 Å². The second kappa shape index (κ2) is 7.24. The van der Waals surface area contributed by atoms with E-state index in [4.69, 9.17) is 4.74 Å². The van der Waals surface area contributed by atoms with Gasteiger partial charge in [0.05, 0.1) is 31.5 Å². The molecular weight excluding hydrogens is 318 g/mol. The number of methoxy groups -OCH3 is 1. The van der Waals surface area contributed by atoms with Gasteiger partial charge in [0.2, 0.25) is 0 Å². The number of hydrogen-bond donors (Lipinski definition) is 2. The van der Waals surface area contributed by atoms with Crippen LogP contribution < -0.4 is 10.1 Å². The summed E-state index contributed by atoms with van der Waals surface area (Å²) in [6, 6.07) is 17.2. The number of carbonyl (C=O) groups is 1. The number of nitrogens with one attached hydrogen (secondary N) is 1. The minimum atomic E-state index is -0.630. The van der Waals surface area contributed by atoms with Crippen molar-refractivity contribution in [2.45, 2.75) is 18.0 Å². The fourth-order valence-electron chi connectivity index (χ4n) is 3.29. The van der Waals surface area contributed by atoms with Crippen LogP contribution in [0, 0.1) is 11.3 Å². The predicted octanol–water partition coefficient (Wildman–Crippen LogP) is 2.58. The minimum absolute atomic E-state index is 0.209. The van der Waals surface area contributed by atoms with Crippen molar-refractivity contribution in [2.75, 3.05) is 19.0 Å². The first-order valence-electron chi connectivity index (χ1n) is 7.99. The molecule has 1 heterocycles. The number of nitrogens with zero attached hydrogens (tertiary/aromatic N) is 2. The van der Waals surface area contributed by atoms with Gasteiger partial charge in [-0.25, -0.2) is 4.79 Å². The predicted molar refractivity (Wildman–Crippen MR) is 93.3 cm³/mol. The number of benzene rings is 2. The highest BCUT2D eigenvalue weighted by molar-refractivity contribution is 5.92. The lowest BCUT2D eigenvalue weighted by Gasteiger charge is -2.51. The normalized spacial score (nSPS) is 21.8. The number of ether oxygens (including phenoxy) is 1. The first-order chi connectivity index (χ1) is 12.2. The topological polar surface area (TPSA) is 85.6 Å². The van der Waals surface area contributed by atoms with Crippen molar-refractivity contribution in [3.05, 3.63) is 60.2 Å². The number of urea groups is 1. The highest BCUT2D eigenvalue weighted by Crippen LogP contribution is 2.40. The van der Waals surface area contributed by atoms with Crippen LogP contribution in [0.5, 0.6) is 5.75 Å². The standard InChI is InChI=1S/C19H19N3O3/c1-25-17-10-6-5-9-14(17)21-19(24)22-15(11-20)18(16(22)12-23)13-7-3-2-4-8-13/h2-10,15-16,18,23H,12H2,1H3,(H,21,24)/t15-,16+,18+/m1/s1. The van der Waals surface area contributed by atoms with Crippen LogP contribution in [-0.4, -0.2) is 41.8 Å². The van der Waals surface area contributed by atoms with Crippen LogP contribution in [0.25, 0.3) is 0 Å². The van der Waals surface area contributed by atoms with E-state index < -0.39 is 18.1 Å². The number of nitriles is 1. The van der Waals surface area contributed by atoms with Crippen molar-refractivity contribution in [3.63, 3.8) is 0 Å². The van der Waals surface area contributed by atoms with Crippen LogP contribution in [0.2, 0.25) is 0 Å². The van der Waals surface area contributed by atoms with Gasteiger partial charge in [-0.05, 0) is 17.7 Å². The molecule has 0 unspecified atom stereocenters. The number of rotatable bonds is 4. The van der Waals surface area contributed by atoms with Crippen molar-refractivity contribution in [3.8, 4) is 11.8 Å². The Kier molecular flexibility index (Phi) is 4.87. The number of anilines is 1. The molecule has 0 aromatic heterocycles. The molecule has 6 nitrogen and oxygen atoms in total. The first kappa shape index (κ1) is 16.8. The van der Waals surface area contributed by atoms with Gasteiger partial charge < -0.3 is 20.1 Å². The van der Waals surface area contributed by atoms with Crippen molar-refractivity contribution in [2.24, 2.45) is 0 Å². The molecule has 0 saturated carbocycles. The highest BCUT2D eigenvalue weighted by Gasteiger charge is 2.51. The van der Waals surface area contributed by atoms with E-state index in [1.807, 2.05) is 30.3 Å². The fraction of sp³-hybridized carbons (Fsp3) is 0.263. The van der Waals surface area contributed by atoms with Gasteiger partial charge in [0.25, 0.3) is 0 Å². The van der Waals surface area contributed by atoms with E-state index in [1.54, 1.807) is 24.3 Å². The molecule has 1 aliphatic rings. The molecule has 2 N–H and O–H groups in total. The van der Waals surface area contributed by atoms with E-state index >= 15 is 0 Å². The molecule has 3 atom stereocenters. The number of carbonyl (C=O) groups excluding carboxylic acids is 1. The Hall–Kier alpha value is -3.04. The van der Waals surface area contributed by atoms with Gasteiger partial charge in [-0.3, -0.25) is 0 Å². The SMILES string of the molecule is COc1ccccc1NC(=O)N1[C@H](C#N)[C@H](c2ccccc2)[C@@H]1CO. The molecule has 0 spiro atoms. The Labute approximate surface area is 146 Å². The van der Waals surface area contributed by atoms with Crippen LogP contribution in [0.4, 0.5) is 10.5 Å². The minimum Gasteiger partial charge on any atom is -0.495 e. The summed E-state index contributed by atoms with van der Waals surface area (Å²) >= 11 is 0. The van der Waals surface area contributed by atoms with Gasteiger partial charge >= 0.3 is 6.03 Å². The number of amides is 2. The molecule has 1 aliphatic heterocycles. The van der Waals surface area contributed by atoms with Gasteiger partial charge in [0.1, 0.15) is 11.8 Å². The zero-order valence-corrected chi connectivity index (χ0v) is 13.8. The summed E-state index contributed by atoms with van der Waals surface area (Å²) in [5.74, 6) is 0.324. The van der Waals surface area contributed by atoms with Crippen molar-refractivity contribution < 1.29 is 14.6 Å². The summed E-state index contributed by atoms with van der Waals surface area (Å²) in [4.78, 5) is 14.1. The summed E-state index contributed by atoms with van der Waals surface area (Å²) in [5, 5.41) is 22.1. The van der Waals surface area contributed by atoms with E-state index in [2.05, 4.69) is 11.4 Å². The molecule has 2 aromatic rings. The summed E-state index contributed by atoms with van der Waals surface area (Å²) in [7, 11) is 1.52. The largest absolute Gasteiger partial charge is 0.495 e. The molecule has 1 saturated heterocycles. The van der Waals surface area contributed by atoms with Gasteiger partial charge in [-0.15, -0.1) is 0 Å². The monoisotopic (exact) mass is 337 g/mol. The molecule has 2 amide bonds. The molecule has 6 heteroatoms. The number of likely N-dealkylation sites (tertiary alicyclic amines) is 1. The van der Waals surface area contributed by atoms with E-state index in [0.29, 0.717) is 11.4 Å². The lowest BCUT2D eigenvalue weighted by Crippen LogP contribution is -2.66. The Morgan fingerprint density at radius 3 is 2.56 bits per heavy atom. The number of aliphatic hydroxyl groups is 1. The van der Waals surface area contributed by atoms with E-state index in [9.17, 15) is 15.2 Å². The lowest BCUT2D eigenvalue weighted by molar-refractivity contribution is 0.0223. The quantitative estimate of drug-likeness (QED) is 0.898.